The number of hydrogen-bond donors (Lipinski definition) is 1. The van der Waals surface area contributed by atoms with E-state index in [1.165, 1.54) is 12.1 Å². The first-order valence-electron chi connectivity index (χ1n) is 6.14. The lowest BCUT2D eigenvalue weighted by atomic mass is 9.98. The highest BCUT2D eigenvalue weighted by Gasteiger charge is 2.21. The number of halogens is 1. The first kappa shape index (κ1) is 12.8. The van der Waals surface area contributed by atoms with Gasteiger partial charge in [0.2, 0.25) is 0 Å². The maximum Gasteiger partial charge on any atom is 0.123 e. The summed E-state index contributed by atoms with van der Waals surface area (Å²) in [5, 5.41) is 4.42. The Morgan fingerprint density at radius 1 is 1.28 bits per heavy atom. The molecule has 0 bridgehead atoms. The van der Waals surface area contributed by atoms with Gasteiger partial charge >= 0.3 is 0 Å². The third-order valence-electron chi connectivity index (χ3n) is 3.12. The molecule has 1 aromatic heterocycles. The molecule has 2 rings (SSSR count). The SMILES string of the molecule is CCC(N)C(c1ccc(F)cc1)n1ccc(C)n1. The highest BCUT2D eigenvalue weighted by molar-refractivity contribution is 5.22. The average Bonchev–Trinajstić information content (AvgIpc) is 2.78. The Morgan fingerprint density at radius 2 is 1.94 bits per heavy atom. The zero-order valence-corrected chi connectivity index (χ0v) is 10.7. The first-order valence-corrected chi connectivity index (χ1v) is 6.14. The van der Waals surface area contributed by atoms with Crippen LogP contribution >= 0.6 is 0 Å². The Kier molecular flexibility index (Phi) is 3.77. The van der Waals surface area contributed by atoms with Crippen LogP contribution in [-0.2, 0) is 0 Å². The molecule has 0 radical (unpaired) electrons. The van der Waals surface area contributed by atoms with Gasteiger partial charge in [0.05, 0.1) is 11.7 Å². The standard InChI is InChI=1S/C14H18FN3/c1-3-13(16)14(18-9-8-10(2)17-18)11-4-6-12(15)7-5-11/h4-9,13-14H,3,16H2,1-2H3. The predicted molar refractivity (Wildman–Crippen MR) is 69.8 cm³/mol. The van der Waals surface area contributed by atoms with Gasteiger partial charge in [-0.05, 0) is 37.1 Å². The third kappa shape index (κ3) is 2.59. The topological polar surface area (TPSA) is 43.8 Å². The summed E-state index contributed by atoms with van der Waals surface area (Å²) >= 11 is 0. The number of hydrogen-bond acceptors (Lipinski definition) is 2. The van der Waals surface area contributed by atoms with Crippen molar-refractivity contribution in [2.45, 2.75) is 32.4 Å². The lowest BCUT2D eigenvalue weighted by Crippen LogP contribution is -2.32. The van der Waals surface area contributed by atoms with Gasteiger partial charge in [-0.1, -0.05) is 19.1 Å². The number of benzene rings is 1. The summed E-state index contributed by atoms with van der Waals surface area (Å²) < 4.78 is 14.8. The van der Waals surface area contributed by atoms with Crippen molar-refractivity contribution < 1.29 is 4.39 Å². The van der Waals surface area contributed by atoms with Gasteiger partial charge < -0.3 is 5.73 Å². The number of nitrogens with two attached hydrogens (primary N) is 1. The van der Waals surface area contributed by atoms with Crippen LogP contribution in [0.4, 0.5) is 4.39 Å². The number of aromatic nitrogens is 2. The van der Waals surface area contributed by atoms with Gasteiger partial charge in [-0.25, -0.2) is 4.39 Å². The van der Waals surface area contributed by atoms with E-state index in [0.717, 1.165) is 17.7 Å². The van der Waals surface area contributed by atoms with Crippen LogP contribution in [0, 0.1) is 12.7 Å². The van der Waals surface area contributed by atoms with E-state index >= 15 is 0 Å². The van der Waals surface area contributed by atoms with Gasteiger partial charge in [-0.3, -0.25) is 4.68 Å². The summed E-state index contributed by atoms with van der Waals surface area (Å²) in [6.45, 7) is 3.98. The number of nitrogens with zero attached hydrogens (tertiary/aromatic N) is 2. The maximum atomic E-state index is 13.0. The predicted octanol–water partition coefficient (Wildman–Crippen LogP) is 2.66. The third-order valence-corrected chi connectivity index (χ3v) is 3.12. The minimum absolute atomic E-state index is 0.0465. The molecule has 3 nitrogen and oxygen atoms in total. The molecule has 1 aromatic carbocycles. The fourth-order valence-electron chi connectivity index (χ4n) is 2.07. The molecule has 1 heterocycles. The molecule has 0 fully saturated rings. The van der Waals surface area contributed by atoms with Crippen LogP contribution in [0.5, 0.6) is 0 Å². The second-order valence-corrected chi connectivity index (χ2v) is 4.51. The van der Waals surface area contributed by atoms with E-state index in [1.54, 1.807) is 12.1 Å². The summed E-state index contributed by atoms with van der Waals surface area (Å²) in [6, 6.07) is 8.30. The van der Waals surface area contributed by atoms with Crippen molar-refractivity contribution in [1.29, 1.82) is 0 Å². The van der Waals surface area contributed by atoms with Crippen LogP contribution in [0.2, 0.25) is 0 Å². The summed E-state index contributed by atoms with van der Waals surface area (Å²) in [4.78, 5) is 0. The highest BCUT2D eigenvalue weighted by Crippen LogP contribution is 2.22. The minimum atomic E-state index is -0.237. The smallest absolute Gasteiger partial charge is 0.123 e. The Balaban J connectivity index is 2.39. The van der Waals surface area contributed by atoms with Gasteiger partial charge in [0, 0.05) is 12.2 Å². The first-order chi connectivity index (χ1) is 8.61. The summed E-state index contributed by atoms with van der Waals surface area (Å²) in [5.74, 6) is -0.237. The molecule has 2 atom stereocenters. The highest BCUT2D eigenvalue weighted by atomic mass is 19.1. The largest absolute Gasteiger partial charge is 0.326 e. The molecule has 2 unspecified atom stereocenters. The van der Waals surface area contributed by atoms with Crippen molar-refractivity contribution in [2.75, 3.05) is 0 Å². The summed E-state index contributed by atoms with van der Waals surface area (Å²) in [6.07, 6.45) is 2.75. The molecule has 18 heavy (non-hydrogen) atoms. The van der Waals surface area contributed by atoms with Crippen LogP contribution in [0.3, 0.4) is 0 Å². The Labute approximate surface area is 106 Å². The molecule has 96 valence electrons. The van der Waals surface area contributed by atoms with E-state index in [4.69, 9.17) is 5.73 Å². The molecule has 4 heteroatoms. The van der Waals surface area contributed by atoms with Crippen LogP contribution in [0.1, 0.15) is 30.6 Å². The lowest BCUT2D eigenvalue weighted by molar-refractivity contribution is 0.422. The minimum Gasteiger partial charge on any atom is -0.326 e. The molecule has 0 saturated carbocycles. The van der Waals surface area contributed by atoms with Crippen molar-refractivity contribution in [2.24, 2.45) is 5.73 Å². The van der Waals surface area contributed by atoms with Gasteiger partial charge in [0.1, 0.15) is 5.82 Å². The maximum absolute atomic E-state index is 13.0. The van der Waals surface area contributed by atoms with Crippen molar-refractivity contribution in [1.82, 2.24) is 9.78 Å². The molecule has 0 amide bonds. The van der Waals surface area contributed by atoms with E-state index in [9.17, 15) is 4.39 Å². The molecule has 0 aliphatic heterocycles. The number of aryl methyl sites for hydroxylation is 1. The second-order valence-electron chi connectivity index (χ2n) is 4.51. The van der Waals surface area contributed by atoms with Crippen LogP contribution < -0.4 is 5.73 Å². The van der Waals surface area contributed by atoms with Gasteiger partial charge in [-0.2, -0.15) is 5.10 Å². The van der Waals surface area contributed by atoms with Crippen LogP contribution in [0.25, 0.3) is 0 Å². The van der Waals surface area contributed by atoms with Crippen molar-refractivity contribution in [3.8, 4) is 0 Å². The van der Waals surface area contributed by atoms with E-state index in [1.807, 2.05) is 30.8 Å². The van der Waals surface area contributed by atoms with Gasteiger partial charge in [0.15, 0.2) is 0 Å². The monoisotopic (exact) mass is 247 g/mol. The van der Waals surface area contributed by atoms with E-state index in [0.29, 0.717) is 0 Å². The molecule has 2 aromatic rings. The summed E-state index contributed by atoms with van der Waals surface area (Å²) in [7, 11) is 0. The summed E-state index contributed by atoms with van der Waals surface area (Å²) in [5.41, 5.74) is 8.10. The fraction of sp³-hybridized carbons (Fsp3) is 0.357. The normalized spacial score (nSPS) is 14.4. The van der Waals surface area contributed by atoms with Crippen LogP contribution in [-0.4, -0.2) is 15.8 Å². The van der Waals surface area contributed by atoms with E-state index in [-0.39, 0.29) is 17.9 Å². The quantitative estimate of drug-likeness (QED) is 0.902. The zero-order valence-electron chi connectivity index (χ0n) is 10.7. The Bertz CT molecular complexity index is 504. The number of rotatable bonds is 4. The van der Waals surface area contributed by atoms with Crippen LogP contribution in [0.15, 0.2) is 36.5 Å². The molecule has 0 aliphatic rings. The Hall–Kier alpha value is -1.68. The van der Waals surface area contributed by atoms with E-state index in [2.05, 4.69) is 5.10 Å². The molecule has 0 aliphatic carbocycles. The van der Waals surface area contributed by atoms with Crippen molar-refractivity contribution >= 4 is 0 Å². The molecule has 0 saturated heterocycles. The van der Waals surface area contributed by atoms with Gasteiger partial charge in [-0.15, -0.1) is 0 Å². The fourth-order valence-corrected chi connectivity index (χ4v) is 2.07. The van der Waals surface area contributed by atoms with Crippen molar-refractivity contribution in [3.63, 3.8) is 0 Å². The second kappa shape index (κ2) is 5.31. The Morgan fingerprint density at radius 3 is 2.44 bits per heavy atom. The molecule has 2 N–H and O–H groups in total. The molecule has 0 spiro atoms. The zero-order chi connectivity index (χ0) is 13.1. The molecular weight excluding hydrogens is 229 g/mol. The average molecular weight is 247 g/mol. The van der Waals surface area contributed by atoms with E-state index < -0.39 is 0 Å². The molecular formula is C14H18FN3. The van der Waals surface area contributed by atoms with Gasteiger partial charge in [0.25, 0.3) is 0 Å². The van der Waals surface area contributed by atoms with Crippen molar-refractivity contribution in [3.05, 3.63) is 53.6 Å². The lowest BCUT2D eigenvalue weighted by Gasteiger charge is -2.24.